The zero-order valence-corrected chi connectivity index (χ0v) is 20.3. The molecule has 2 aliphatic rings. The summed E-state index contributed by atoms with van der Waals surface area (Å²) in [6.07, 6.45) is 5.12. The van der Waals surface area contributed by atoms with Gasteiger partial charge in [-0.3, -0.25) is 9.69 Å². The molecular formula is C22H30ClN7O2S. The molecule has 9 nitrogen and oxygen atoms in total. The summed E-state index contributed by atoms with van der Waals surface area (Å²) in [4.78, 5) is 30.6. The van der Waals surface area contributed by atoms with Gasteiger partial charge in [0.05, 0.1) is 10.7 Å². The quantitative estimate of drug-likeness (QED) is 0.599. The molecule has 0 unspecified atom stereocenters. The first-order chi connectivity index (χ1) is 15.9. The molecule has 33 heavy (non-hydrogen) atoms. The Balaban J connectivity index is 1.32. The van der Waals surface area contributed by atoms with E-state index in [9.17, 15) is 9.59 Å². The van der Waals surface area contributed by atoms with Crippen LogP contribution in [-0.4, -0.2) is 77.0 Å². The molecule has 0 radical (unpaired) electrons. The van der Waals surface area contributed by atoms with Crippen molar-refractivity contribution in [2.45, 2.75) is 19.4 Å². The van der Waals surface area contributed by atoms with E-state index in [1.54, 1.807) is 12.3 Å². The van der Waals surface area contributed by atoms with Crippen LogP contribution in [0.25, 0.3) is 0 Å². The van der Waals surface area contributed by atoms with E-state index < -0.39 is 0 Å². The number of nitrogens with two attached hydrogens (primary N) is 1. The summed E-state index contributed by atoms with van der Waals surface area (Å²) in [5.41, 5.74) is 7.66. The number of nitrogens with zero attached hydrogens (tertiary/aromatic N) is 5. The minimum Gasteiger partial charge on any atom is -0.370 e. The van der Waals surface area contributed by atoms with E-state index in [2.05, 4.69) is 31.8 Å². The van der Waals surface area contributed by atoms with E-state index >= 15 is 0 Å². The molecule has 1 aromatic carbocycles. The van der Waals surface area contributed by atoms with Crippen molar-refractivity contribution >= 4 is 47.0 Å². The molecule has 3 heterocycles. The zero-order chi connectivity index (χ0) is 23.4. The second-order valence-electron chi connectivity index (χ2n) is 8.45. The van der Waals surface area contributed by atoms with E-state index in [0.717, 1.165) is 56.3 Å². The molecule has 2 saturated heterocycles. The van der Waals surface area contributed by atoms with Gasteiger partial charge in [-0.2, -0.15) is 4.68 Å². The largest absolute Gasteiger partial charge is 0.370 e. The van der Waals surface area contributed by atoms with E-state index in [4.69, 9.17) is 17.3 Å². The lowest BCUT2D eigenvalue weighted by molar-refractivity contribution is -0.122. The SMILES string of the molecule is CSNc1ccn(C(=O)N2CCN(Cc3ccc(Cl)c(N4CCC(C(N)=O)CC4)c3)CC2)n1. The highest BCUT2D eigenvalue weighted by atomic mass is 35.5. The van der Waals surface area contributed by atoms with Gasteiger partial charge in [0.15, 0.2) is 5.82 Å². The number of benzene rings is 1. The van der Waals surface area contributed by atoms with Gasteiger partial charge in [0.1, 0.15) is 0 Å². The van der Waals surface area contributed by atoms with Crippen LogP contribution in [0.1, 0.15) is 18.4 Å². The average molecular weight is 492 g/mol. The highest BCUT2D eigenvalue weighted by Crippen LogP contribution is 2.31. The molecular weight excluding hydrogens is 462 g/mol. The number of piperidine rings is 1. The molecule has 0 spiro atoms. The molecule has 4 rings (SSSR count). The van der Waals surface area contributed by atoms with Gasteiger partial charge in [0.25, 0.3) is 0 Å². The summed E-state index contributed by atoms with van der Waals surface area (Å²) in [5.74, 6) is 0.418. The van der Waals surface area contributed by atoms with Crippen LogP contribution in [0.4, 0.5) is 16.3 Å². The summed E-state index contributed by atoms with van der Waals surface area (Å²) in [6.45, 7) is 5.26. The van der Waals surface area contributed by atoms with Crippen LogP contribution in [0.2, 0.25) is 5.02 Å². The lowest BCUT2D eigenvalue weighted by Crippen LogP contribution is -2.49. The number of primary amides is 1. The van der Waals surface area contributed by atoms with Crippen molar-refractivity contribution in [2.24, 2.45) is 11.7 Å². The van der Waals surface area contributed by atoms with Gasteiger partial charge in [-0.05, 0) is 30.5 Å². The normalized spacial score (nSPS) is 17.9. The van der Waals surface area contributed by atoms with Gasteiger partial charge in [-0.15, -0.1) is 5.10 Å². The summed E-state index contributed by atoms with van der Waals surface area (Å²) < 4.78 is 4.42. The predicted octanol–water partition coefficient (Wildman–Crippen LogP) is 2.71. The number of halogens is 1. The minimum atomic E-state index is -0.211. The Labute approximate surface area is 203 Å². The fraction of sp³-hybridized carbons (Fsp3) is 0.500. The number of anilines is 2. The molecule has 2 aromatic rings. The van der Waals surface area contributed by atoms with Crippen molar-refractivity contribution < 1.29 is 9.59 Å². The third-order valence-electron chi connectivity index (χ3n) is 6.29. The number of carbonyl (C=O) groups excluding carboxylic acids is 2. The first kappa shape index (κ1) is 23.7. The molecule has 0 bridgehead atoms. The smallest absolute Gasteiger partial charge is 0.344 e. The first-order valence-electron chi connectivity index (χ1n) is 11.1. The third kappa shape index (κ3) is 5.74. The first-order valence-corrected chi connectivity index (χ1v) is 12.7. The van der Waals surface area contributed by atoms with Crippen molar-refractivity contribution in [1.29, 1.82) is 0 Å². The lowest BCUT2D eigenvalue weighted by atomic mass is 9.96. The summed E-state index contributed by atoms with van der Waals surface area (Å²) >= 11 is 7.94. The van der Waals surface area contributed by atoms with Gasteiger partial charge < -0.3 is 20.3 Å². The maximum atomic E-state index is 12.7. The molecule has 0 aliphatic carbocycles. The second-order valence-corrected chi connectivity index (χ2v) is 9.47. The fourth-order valence-electron chi connectivity index (χ4n) is 4.39. The van der Waals surface area contributed by atoms with Crippen LogP contribution in [0.15, 0.2) is 30.5 Å². The maximum absolute atomic E-state index is 12.7. The van der Waals surface area contributed by atoms with E-state index in [1.165, 1.54) is 22.2 Å². The average Bonchev–Trinajstić information content (AvgIpc) is 3.29. The van der Waals surface area contributed by atoms with E-state index in [0.29, 0.717) is 18.9 Å². The van der Waals surface area contributed by atoms with Crippen molar-refractivity contribution in [3.05, 3.63) is 41.0 Å². The van der Waals surface area contributed by atoms with Crippen LogP contribution in [0, 0.1) is 5.92 Å². The lowest BCUT2D eigenvalue weighted by Gasteiger charge is -2.35. The van der Waals surface area contributed by atoms with Crippen molar-refractivity contribution in [3.8, 4) is 0 Å². The van der Waals surface area contributed by atoms with Crippen molar-refractivity contribution in [3.63, 3.8) is 0 Å². The van der Waals surface area contributed by atoms with Crippen LogP contribution in [0.3, 0.4) is 0 Å². The van der Waals surface area contributed by atoms with Crippen molar-refractivity contribution in [2.75, 3.05) is 55.1 Å². The number of hydrogen-bond donors (Lipinski definition) is 2. The topological polar surface area (TPSA) is 99.7 Å². The summed E-state index contributed by atoms with van der Waals surface area (Å²) in [5, 5.41) is 5.00. The molecule has 0 saturated carbocycles. The molecule has 2 aliphatic heterocycles. The predicted molar refractivity (Wildman–Crippen MR) is 133 cm³/mol. The maximum Gasteiger partial charge on any atom is 0.344 e. The standard InChI is InChI=1S/C22H30ClN7O2S/c1-33-26-20-6-9-30(25-20)22(32)29-12-10-27(11-13-29)15-16-2-3-18(23)19(14-16)28-7-4-17(5-8-28)21(24)31/h2-3,6,9,14,17H,4-5,7-8,10-13,15H2,1H3,(H2,24,31)(H,25,26). The van der Waals surface area contributed by atoms with Gasteiger partial charge in [-0.25, -0.2) is 4.79 Å². The fourth-order valence-corrected chi connectivity index (χ4v) is 4.95. The Morgan fingerprint density at radius 2 is 1.88 bits per heavy atom. The van der Waals surface area contributed by atoms with Gasteiger partial charge >= 0.3 is 6.03 Å². The van der Waals surface area contributed by atoms with Gasteiger partial charge in [-0.1, -0.05) is 29.6 Å². The Kier molecular flexibility index (Phi) is 7.67. The number of carbonyl (C=O) groups is 2. The number of rotatable bonds is 6. The Morgan fingerprint density at radius 3 is 2.55 bits per heavy atom. The van der Waals surface area contributed by atoms with Crippen LogP contribution in [-0.2, 0) is 11.3 Å². The molecule has 11 heteroatoms. The van der Waals surface area contributed by atoms with Gasteiger partial charge in [0, 0.05) is 70.3 Å². The van der Waals surface area contributed by atoms with Gasteiger partial charge in [0.2, 0.25) is 5.91 Å². The monoisotopic (exact) mass is 491 g/mol. The molecule has 3 N–H and O–H groups in total. The molecule has 2 fully saturated rings. The van der Waals surface area contributed by atoms with E-state index in [-0.39, 0.29) is 17.9 Å². The molecule has 2 amide bonds. The minimum absolute atomic E-state index is 0.0441. The second kappa shape index (κ2) is 10.7. The Bertz CT molecular complexity index is 985. The Hall–Kier alpha value is -2.43. The third-order valence-corrected chi connectivity index (χ3v) is 7.02. The van der Waals surface area contributed by atoms with Crippen LogP contribution >= 0.6 is 23.5 Å². The van der Waals surface area contributed by atoms with Crippen LogP contribution in [0.5, 0.6) is 0 Å². The summed E-state index contributed by atoms with van der Waals surface area (Å²) in [7, 11) is 0. The van der Waals surface area contributed by atoms with Crippen LogP contribution < -0.4 is 15.4 Å². The number of aromatic nitrogens is 2. The molecule has 0 atom stereocenters. The Morgan fingerprint density at radius 1 is 1.15 bits per heavy atom. The number of amides is 2. The number of nitrogens with one attached hydrogen (secondary N) is 1. The van der Waals surface area contributed by atoms with E-state index in [1.807, 2.05) is 17.2 Å². The van der Waals surface area contributed by atoms with Crippen molar-refractivity contribution in [1.82, 2.24) is 19.6 Å². The number of hydrogen-bond acceptors (Lipinski definition) is 7. The zero-order valence-electron chi connectivity index (χ0n) is 18.7. The highest BCUT2D eigenvalue weighted by Gasteiger charge is 2.26. The number of piperazine rings is 1. The molecule has 1 aromatic heterocycles. The highest BCUT2D eigenvalue weighted by molar-refractivity contribution is 7.99. The molecule has 178 valence electrons. The summed E-state index contributed by atoms with van der Waals surface area (Å²) in [6, 6.07) is 7.85.